The second-order valence-corrected chi connectivity index (χ2v) is 7.98. The van der Waals surface area contributed by atoms with Gasteiger partial charge in [-0.2, -0.15) is 18.2 Å². The number of ether oxygens (including phenoxy) is 2. The van der Waals surface area contributed by atoms with Crippen molar-refractivity contribution in [3.05, 3.63) is 60.0 Å². The number of nitrogens with zero attached hydrogens (tertiary/aromatic N) is 4. The Morgan fingerprint density at radius 1 is 1.09 bits per heavy atom. The fraction of sp³-hybridized carbons (Fsp3) is 0.348. The largest absolute Gasteiger partial charge is 0.477 e. The molecule has 0 radical (unpaired) electrons. The van der Waals surface area contributed by atoms with Crippen LogP contribution in [0.5, 0.6) is 5.75 Å². The number of halogens is 3. The van der Waals surface area contributed by atoms with Gasteiger partial charge >= 0.3 is 6.18 Å². The van der Waals surface area contributed by atoms with Gasteiger partial charge in [-0.15, -0.1) is 0 Å². The van der Waals surface area contributed by atoms with Crippen molar-refractivity contribution in [1.82, 2.24) is 15.0 Å². The molecule has 0 bridgehead atoms. The average Bonchev–Trinajstić information content (AvgIpc) is 3.32. The quantitative estimate of drug-likeness (QED) is 0.574. The number of carbonyl (C=O) groups excluding carboxylic acids is 1. The number of carbonyl (C=O) groups is 1. The summed E-state index contributed by atoms with van der Waals surface area (Å²) in [6.45, 7) is 2.40. The number of aromatic nitrogens is 2. The molecule has 8 nitrogen and oxygen atoms in total. The van der Waals surface area contributed by atoms with Crippen molar-refractivity contribution in [3.8, 4) is 17.1 Å². The lowest BCUT2D eigenvalue weighted by Crippen LogP contribution is -2.52. The number of amides is 1. The Kier molecular flexibility index (Phi) is 5.86. The Morgan fingerprint density at radius 2 is 1.88 bits per heavy atom. The highest BCUT2D eigenvalue weighted by Gasteiger charge is 2.35. The summed E-state index contributed by atoms with van der Waals surface area (Å²) in [5.41, 5.74) is 0.169. The van der Waals surface area contributed by atoms with Gasteiger partial charge in [0.15, 0.2) is 6.10 Å². The lowest BCUT2D eigenvalue weighted by atomic mass is 10.1. The van der Waals surface area contributed by atoms with E-state index in [2.05, 4.69) is 10.1 Å². The zero-order valence-corrected chi connectivity index (χ0v) is 18.0. The lowest BCUT2D eigenvalue weighted by Gasteiger charge is -2.37. The smallest absolute Gasteiger partial charge is 0.416 e. The lowest BCUT2D eigenvalue weighted by molar-refractivity contribution is -0.142. The molecule has 2 aromatic carbocycles. The van der Waals surface area contributed by atoms with Crippen LogP contribution < -0.4 is 9.64 Å². The summed E-state index contributed by atoms with van der Waals surface area (Å²) in [6, 6.07) is 12.1. The van der Waals surface area contributed by atoms with Crippen molar-refractivity contribution >= 4 is 11.6 Å². The molecule has 1 aromatic heterocycles. The van der Waals surface area contributed by atoms with Gasteiger partial charge in [0.2, 0.25) is 11.7 Å². The Hall–Kier alpha value is -3.60. The van der Waals surface area contributed by atoms with Gasteiger partial charge in [0.25, 0.3) is 5.91 Å². The second kappa shape index (κ2) is 8.98. The standard InChI is InChI=1S/C23H21F3N4O4/c24-23(25,26)16-5-3-4-15(12-16)21-27-20(34-28-21)14-30-13-19(22(31)29-8-10-32-11-9-29)33-18-7-2-1-6-17(18)30/h1-7,12,19H,8-11,13-14H2. The number of hydrogen-bond acceptors (Lipinski definition) is 7. The maximum atomic E-state index is 13.1. The minimum Gasteiger partial charge on any atom is -0.477 e. The molecular weight excluding hydrogens is 453 g/mol. The van der Waals surface area contributed by atoms with Crippen LogP contribution in [0.4, 0.5) is 18.9 Å². The van der Waals surface area contributed by atoms with Crippen molar-refractivity contribution < 1.29 is 32.0 Å². The van der Waals surface area contributed by atoms with E-state index < -0.39 is 17.8 Å². The molecule has 3 heterocycles. The number of para-hydroxylation sites is 2. The van der Waals surface area contributed by atoms with Crippen LogP contribution in [0.15, 0.2) is 53.1 Å². The zero-order valence-electron chi connectivity index (χ0n) is 18.0. The highest BCUT2D eigenvalue weighted by Crippen LogP contribution is 2.35. The molecule has 1 saturated heterocycles. The predicted molar refractivity (Wildman–Crippen MR) is 114 cm³/mol. The average molecular weight is 474 g/mol. The molecule has 1 unspecified atom stereocenters. The number of benzene rings is 2. The Morgan fingerprint density at radius 3 is 2.68 bits per heavy atom. The van der Waals surface area contributed by atoms with Gasteiger partial charge in [0, 0.05) is 18.7 Å². The van der Waals surface area contributed by atoms with Gasteiger partial charge in [0.1, 0.15) is 5.75 Å². The zero-order chi connectivity index (χ0) is 23.7. The van der Waals surface area contributed by atoms with E-state index in [9.17, 15) is 18.0 Å². The number of fused-ring (bicyclic) bond motifs is 1. The molecule has 178 valence electrons. The minimum absolute atomic E-state index is 0.0589. The van der Waals surface area contributed by atoms with Crippen molar-refractivity contribution in [2.24, 2.45) is 0 Å². The van der Waals surface area contributed by atoms with E-state index in [-0.39, 0.29) is 36.3 Å². The monoisotopic (exact) mass is 474 g/mol. The van der Waals surface area contributed by atoms with Crippen LogP contribution in [-0.2, 0) is 22.3 Å². The Balaban J connectivity index is 1.36. The third kappa shape index (κ3) is 4.56. The number of morpholine rings is 1. The summed E-state index contributed by atoms with van der Waals surface area (Å²) in [6.07, 6.45) is -5.19. The van der Waals surface area contributed by atoms with Crippen molar-refractivity contribution in [3.63, 3.8) is 0 Å². The number of anilines is 1. The van der Waals surface area contributed by atoms with E-state index in [1.54, 1.807) is 11.0 Å². The van der Waals surface area contributed by atoms with Gasteiger partial charge in [-0.05, 0) is 24.3 Å². The van der Waals surface area contributed by atoms with E-state index in [1.807, 2.05) is 23.1 Å². The molecule has 0 aliphatic carbocycles. The fourth-order valence-electron chi connectivity index (χ4n) is 4.01. The molecule has 2 aliphatic heterocycles. The highest BCUT2D eigenvalue weighted by atomic mass is 19.4. The molecule has 3 aromatic rings. The van der Waals surface area contributed by atoms with Crippen LogP contribution in [-0.4, -0.2) is 59.9 Å². The summed E-state index contributed by atoms with van der Waals surface area (Å²) >= 11 is 0. The van der Waals surface area contributed by atoms with Crippen LogP contribution in [0.2, 0.25) is 0 Å². The number of hydrogen-bond donors (Lipinski definition) is 0. The van der Waals surface area contributed by atoms with Gasteiger partial charge in [-0.25, -0.2) is 0 Å². The summed E-state index contributed by atoms with van der Waals surface area (Å²) in [4.78, 5) is 20.9. The first kappa shape index (κ1) is 22.2. The molecule has 0 spiro atoms. The molecule has 11 heteroatoms. The van der Waals surface area contributed by atoms with Gasteiger partial charge in [0.05, 0.1) is 37.6 Å². The van der Waals surface area contributed by atoms with Crippen LogP contribution >= 0.6 is 0 Å². The molecule has 0 N–H and O–H groups in total. The molecule has 2 aliphatic rings. The number of alkyl halides is 3. The predicted octanol–water partition coefficient (Wildman–Crippen LogP) is 3.38. The topological polar surface area (TPSA) is 80.9 Å². The van der Waals surface area contributed by atoms with Crippen molar-refractivity contribution in [2.75, 3.05) is 37.7 Å². The van der Waals surface area contributed by atoms with Gasteiger partial charge < -0.3 is 23.8 Å². The molecule has 1 atom stereocenters. The molecule has 1 amide bonds. The van der Waals surface area contributed by atoms with E-state index in [0.717, 1.165) is 17.8 Å². The van der Waals surface area contributed by atoms with Crippen molar-refractivity contribution in [1.29, 1.82) is 0 Å². The van der Waals surface area contributed by atoms with Crippen molar-refractivity contribution in [2.45, 2.75) is 18.8 Å². The molecule has 0 saturated carbocycles. The molecule has 5 rings (SSSR count). The minimum atomic E-state index is -4.47. The first-order chi connectivity index (χ1) is 16.4. The van der Waals surface area contributed by atoms with E-state index >= 15 is 0 Å². The summed E-state index contributed by atoms with van der Waals surface area (Å²) in [5, 5.41) is 3.86. The first-order valence-electron chi connectivity index (χ1n) is 10.8. The normalized spacial score (nSPS) is 18.4. The highest BCUT2D eigenvalue weighted by molar-refractivity contribution is 5.83. The summed E-state index contributed by atoms with van der Waals surface area (Å²) in [7, 11) is 0. The summed E-state index contributed by atoms with van der Waals surface area (Å²) in [5.74, 6) is 0.696. The van der Waals surface area contributed by atoms with Gasteiger partial charge in [-0.3, -0.25) is 4.79 Å². The Labute approximate surface area is 192 Å². The fourth-order valence-corrected chi connectivity index (χ4v) is 4.01. The third-order valence-electron chi connectivity index (χ3n) is 5.70. The van der Waals surface area contributed by atoms with E-state index in [4.69, 9.17) is 14.0 Å². The van der Waals surface area contributed by atoms with Crippen LogP contribution in [0, 0.1) is 0 Å². The molecule has 34 heavy (non-hydrogen) atoms. The van der Waals surface area contributed by atoms with E-state index in [1.165, 1.54) is 12.1 Å². The van der Waals surface area contributed by atoms with E-state index in [0.29, 0.717) is 32.1 Å². The van der Waals surface area contributed by atoms with Crippen LogP contribution in [0.1, 0.15) is 11.5 Å². The maximum Gasteiger partial charge on any atom is 0.416 e. The van der Waals surface area contributed by atoms with Gasteiger partial charge in [-0.1, -0.05) is 29.4 Å². The maximum absolute atomic E-state index is 13.1. The molecule has 1 fully saturated rings. The number of rotatable bonds is 4. The van der Waals surface area contributed by atoms with Crippen LogP contribution in [0.25, 0.3) is 11.4 Å². The second-order valence-electron chi connectivity index (χ2n) is 7.98. The SMILES string of the molecule is O=C(C1CN(Cc2nc(-c3cccc(C(F)(F)F)c3)no2)c2ccccc2O1)N1CCOCC1. The van der Waals surface area contributed by atoms with Crippen LogP contribution in [0.3, 0.4) is 0 Å². The molecular formula is C23H21F3N4O4. The third-order valence-corrected chi connectivity index (χ3v) is 5.70. The Bertz CT molecular complexity index is 1180. The summed E-state index contributed by atoms with van der Waals surface area (Å²) < 4.78 is 55.8. The first-order valence-corrected chi connectivity index (χ1v) is 10.8.